The molecule has 0 aromatic heterocycles. The van der Waals surface area contributed by atoms with E-state index in [1.165, 1.54) is 0 Å². The molecule has 2 aliphatic heterocycles. The first-order valence-electron chi connectivity index (χ1n) is 9.69. The van der Waals surface area contributed by atoms with Gasteiger partial charge in [0.2, 0.25) is 5.91 Å². The summed E-state index contributed by atoms with van der Waals surface area (Å²) in [5, 5.41) is 90.6. The van der Waals surface area contributed by atoms with Crippen molar-refractivity contribution in [3.63, 3.8) is 0 Å². The zero-order chi connectivity index (χ0) is 24.4. The van der Waals surface area contributed by atoms with Gasteiger partial charge in [-0.1, -0.05) is 0 Å². The van der Waals surface area contributed by atoms with E-state index in [4.69, 9.17) is 19.3 Å². The highest BCUT2D eigenvalue weighted by molar-refractivity contribution is 5.76. The van der Waals surface area contributed by atoms with Gasteiger partial charge in [0.05, 0.1) is 25.4 Å². The lowest BCUT2D eigenvalue weighted by Gasteiger charge is -2.47. The number of hydrogen-bond acceptors (Lipinski definition) is 13. The van der Waals surface area contributed by atoms with Gasteiger partial charge in [-0.15, -0.1) is 0 Å². The van der Waals surface area contributed by atoms with Gasteiger partial charge in [0.25, 0.3) is 5.79 Å². The van der Waals surface area contributed by atoms with E-state index >= 15 is 0 Å². The third-order valence-corrected chi connectivity index (χ3v) is 5.35. The molecule has 0 radical (unpaired) electrons. The minimum atomic E-state index is -2.69. The van der Waals surface area contributed by atoms with E-state index in [0.29, 0.717) is 0 Å². The van der Waals surface area contributed by atoms with Crippen molar-refractivity contribution in [2.45, 2.75) is 80.3 Å². The second-order valence-corrected chi connectivity index (χ2v) is 7.73. The van der Waals surface area contributed by atoms with Crippen LogP contribution in [0, 0.1) is 0 Å². The minimum absolute atomic E-state index is 0.669. The standard InChI is InChI=1S/C17H29NO14/c1-5(20)18-9-6(21)2-17(16(28)29,32-14(9)10(23)7(22)3-19)30-4-8-11(24)12(25)13(26)15(27)31-8/h6-15,19,21-27H,2-4H2,1H3,(H,18,20)(H,28,29)/t6-,7+,8+,9+,10+,11-,12-,13+,14+,15+,17+/m0/s1. The smallest absolute Gasteiger partial charge is 0.364 e. The number of amides is 1. The van der Waals surface area contributed by atoms with Crippen LogP contribution in [-0.2, 0) is 23.8 Å². The topological polar surface area (TPSA) is 256 Å². The summed E-state index contributed by atoms with van der Waals surface area (Å²) in [6.07, 6.45) is -16.9. The van der Waals surface area contributed by atoms with Gasteiger partial charge in [-0.25, -0.2) is 4.79 Å². The van der Waals surface area contributed by atoms with E-state index in [-0.39, 0.29) is 0 Å². The van der Waals surface area contributed by atoms with E-state index in [2.05, 4.69) is 5.32 Å². The third kappa shape index (κ3) is 5.52. The highest BCUT2D eigenvalue weighted by atomic mass is 16.7. The van der Waals surface area contributed by atoms with Gasteiger partial charge in [0.15, 0.2) is 6.29 Å². The van der Waals surface area contributed by atoms with Crippen molar-refractivity contribution < 1.29 is 69.8 Å². The van der Waals surface area contributed by atoms with Gasteiger partial charge < -0.3 is 65.5 Å². The molecule has 15 heteroatoms. The average Bonchev–Trinajstić information content (AvgIpc) is 2.73. The van der Waals surface area contributed by atoms with E-state index < -0.39 is 98.5 Å². The fraction of sp³-hybridized carbons (Fsp3) is 0.882. The molecule has 10 N–H and O–H groups in total. The molecule has 0 unspecified atom stereocenters. The first-order valence-corrected chi connectivity index (χ1v) is 9.69. The molecule has 1 amide bonds. The highest BCUT2D eigenvalue weighted by Crippen LogP contribution is 2.34. The summed E-state index contributed by atoms with van der Waals surface area (Å²) in [5.41, 5.74) is 0. The zero-order valence-electron chi connectivity index (χ0n) is 17.0. The van der Waals surface area contributed by atoms with Crippen LogP contribution in [0.15, 0.2) is 0 Å². The van der Waals surface area contributed by atoms with Crippen LogP contribution < -0.4 is 5.32 Å². The Morgan fingerprint density at radius 3 is 2.28 bits per heavy atom. The Balaban J connectivity index is 2.27. The Morgan fingerprint density at radius 1 is 1.12 bits per heavy atom. The van der Waals surface area contributed by atoms with E-state index in [1.54, 1.807) is 0 Å². The fourth-order valence-electron chi connectivity index (χ4n) is 3.56. The maximum absolute atomic E-state index is 12.0. The molecular formula is C17H29NO14. The van der Waals surface area contributed by atoms with Gasteiger partial charge in [-0.05, 0) is 0 Å². The molecule has 2 fully saturated rings. The molecule has 0 saturated carbocycles. The van der Waals surface area contributed by atoms with Gasteiger partial charge in [-0.2, -0.15) is 0 Å². The van der Waals surface area contributed by atoms with Crippen LogP contribution in [-0.4, -0.2) is 138 Å². The zero-order valence-corrected chi connectivity index (χ0v) is 17.0. The molecule has 2 saturated heterocycles. The van der Waals surface area contributed by atoms with Crippen LogP contribution in [0.5, 0.6) is 0 Å². The SMILES string of the molecule is CC(=O)N[C@H]1[C@H]([C@H](O)[C@H](O)CO)O[C@@](OC[C@H]2O[C@@H](O)[C@H](O)[C@@H](O)[C@H]2O)(C(=O)O)C[C@@H]1O. The van der Waals surface area contributed by atoms with E-state index in [0.717, 1.165) is 6.92 Å². The normalized spacial score (nSPS) is 42.2. The molecule has 2 rings (SSSR count). The Labute approximate surface area is 181 Å². The quantitative estimate of drug-likeness (QED) is 0.158. The van der Waals surface area contributed by atoms with Gasteiger partial charge in [0.1, 0.15) is 42.7 Å². The van der Waals surface area contributed by atoms with Crippen molar-refractivity contribution in [1.82, 2.24) is 5.32 Å². The molecule has 0 bridgehead atoms. The number of hydrogen-bond donors (Lipinski definition) is 10. The molecule has 0 aromatic rings. The lowest BCUT2D eigenvalue weighted by Crippen LogP contribution is -2.68. The van der Waals surface area contributed by atoms with Crippen molar-refractivity contribution in [3.8, 4) is 0 Å². The van der Waals surface area contributed by atoms with Crippen molar-refractivity contribution in [3.05, 3.63) is 0 Å². The number of carboxylic acids is 1. The molecule has 15 nitrogen and oxygen atoms in total. The van der Waals surface area contributed by atoms with Crippen molar-refractivity contribution in [1.29, 1.82) is 0 Å². The average molecular weight is 471 g/mol. The summed E-state index contributed by atoms with van der Waals surface area (Å²) in [5.74, 6) is -5.15. The van der Waals surface area contributed by atoms with Crippen LogP contribution >= 0.6 is 0 Å². The predicted octanol–water partition coefficient (Wildman–Crippen LogP) is -6.05. The van der Waals surface area contributed by atoms with Crippen LogP contribution in [0.4, 0.5) is 0 Å². The number of carbonyl (C=O) groups is 2. The predicted molar refractivity (Wildman–Crippen MR) is 97.4 cm³/mol. The molecule has 2 aliphatic rings. The number of nitrogens with one attached hydrogen (secondary N) is 1. The third-order valence-electron chi connectivity index (χ3n) is 5.35. The number of aliphatic hydroxyl groups excluding tert-OH is 8. The number of carboxylic acid groups (broad SMARTS) is 1. The molecule has 2 heterocycles. The van der Waals surface area contributed by atoms with Crippen LogP contribution in [0.2, 0.25) is 0 Å². The first-order chi connectivity index (χ1) is 14.8. The lowest BCUT2D eigenvalue weighted by molar-refractivity contribution is -0.334. The molecule has 0 aliphatic carbocycles. The number of aliphatic carboxylic acids is 1. The van der Waals surface area contributed by atoms with Gasteiger partial charge >= 0.3 is 5.97 Å². The fourth-order valence-corrected chi connectivity index (χ4v) is 3.56. The number of carbonyl (C=O) groups excluding carboxylic acids is 1. The molecular weight excluding hydrogens is 442 g/mol. The maximum atomic E-state index is 12.0. The van der Waals surface area contributed by atoms with Crippen molar-refractivity contribution in [2.24, 2.45) is 0 Å². The van der Waals surface area contributed by atoms with Crippen LogP contribution in [0.25, 0.3) is 0 Å². The van der Waals surface area contributed by atoms with Crippen LogP contribution in [0.1, 0.15) is 13.3 Å². The van der Waals surface area contributed by atoms with Crippen molar-refractivity contribution >= 4 is 11.9 Å². The maximum Gasteiger partial charge on any atom is 0.364 e. The first kappa shape index (κ1) is 26.7. The monoisotopic (exact) mass is 471 g/mol. The number of rotatable bonds is 8. The van der Waals surface area contributed by atoms with Gasteiger partial charge in [-0.3, -0.25) is 4.79 Å². The summed E-state index contributed by atoms with van der Waals surface area (Å²) in [7, 11) is 0. The number of aliphatic hydroxyl groups is 8. The van der Waals surface area contributed by atoms with Crippen molar-refractivity contribution in [2.75, 3.05) is 13.2 Å². The Kier molecular flexibility index (Phi) is 8.88. The lowest BCUT2D eigenvalue weighted by atomic mass is 9.88. The Morgan fingerprint density at radius 2 is 1.75 bits per heavy atom. The summed E-state index contributed by atoms with van der Waals surface area (Å²) in [6.45, 7) is -0.691. The molecule has 0 aromatic carbocycles. The summed E-state index contributed by atoms with van der Waals surface area (Å²) in [6, 6.07) is -1.39. The highest BCUT2D eigenvalue weighted by Gasteiger charge is 2.56. The summed E-state index contributed by atoms with van der Waals surface area (Å²) < 4.78 is 15.5. The molecule has 32 heavy (non-hydrogen) atoms. The second kappa shape index (κ2) is 10.6. The van der Waals surface area contributed by atoms with Crippen LogP contribution in [0.3, 0.4) is 0 Å². The summed E-state index contributed by atoms with van der Waals surface area (Å²) >= 11 is 0. The summed E-state index contributed by atoms with van der Waals surface area (Å²) in [4.78, 5) is 23.5. The molecule has 0 spiro atoms. The minimum Gasteiger partial charge on any atom is -0.477 e. The number of ether oxygens (including phenoxy) is 3. The molecule has 11 atom stereocenters. The van der Waals surface area contributed by atoms with E-state index in [9.17, 15) is 50.4 Å². The van der Waals surface area contributed by atoms with Gasteiger partial charge in [0, 0.05) is 13.3 Å². The Bertz CT molecular complexity index is 665. The second-order valence-electron chi connectivity index (χ2n) is 7.73. The molecule has 186 valence electrons. The van der Waals surface area contributed by atoms with E-state index in [1.807, 2.05) is 0 Å². The largest absolute Gasteiger partial charge is 0.477 e. The Hall–Kier alpha value is -1.50.